The lowest BCUT2D eigenvalue weighted by atomic mass is 10.2. The molecule has 3 heterocycles. The SMILES string of the molecule is Cc1noc2ncc(C(=O)N3C[C@@H](O)CO3)cc12. The third-order valence-corrected chi connectivity index (χ3v) is 2.78. The summed E-state index contributed by atoms with van der Waals surface area (Å²) < 4.78 is 4.97. The number of pyridine rings is 1. The Morgan fingerprint density at radius 1 is 1.61 bits per heavy atom. The van der Waals surface area contributed by atoms with Crippen LogP contribution >= 0.6 is 0 Å². The van der Waals surface area contributed by atoms with Gasteiger partial charge in [0.15, 0.2) is 0 Å². The van der Waals surface area contributed by atoms with Crippen molar-refractivity contribution in [1.29, 1.82) is 0 Å². The van der Waals surface area contributed by atoms with Crippen molar-refractivity contribution >= 4 is 17.0 Å². The van der Waals surface area contributed by atoms with Gasteiger partial charge in [-0.3, -0.25) is 9.63 Å². The van der Waals surface area contributed by atoms with Crippen molar-refractivity contribution in [3.8, 4) is 0 Å². The Morgan fingerprint density at radius 3 is 3.17 bits per heavy atom. The predicted octanol–water partition coefficient (Wildman–Crippen LogP) is 0.280. The first-order chi connectivity index (χ1) is 8.65. The molecule has 2 aromatic rings. The minimum atomic E-state index is -0.636. The zero-order chi connectivity index (χ0) is 12.7. The van der Waals surface area contributed by atoms with Crippen molar-refractivity contribution in [2.75, 3.05) is 13.2 Å². The normalized spacial score (nSPS) is 19.7. The van der Waals surface area contributed by atoms with Crippen LogP contribution in [0, 0.1) is 6.92 Å². The number of aryl methyl sites for hydroxylation is 1. The maximum atomic E-state index is 12.1. The van der Waals surface area contributed by atoms with Crippen LogP contribution in [-0.4, -0.2) is 45.5 Å². The van der Waals surface area contributed by atoms with Crippen molar-refractivity contribution in [3.05, 3.63) is 23.5 Å². The van der Waals surface area contributed by atoms with Crippen molar-refractivity contribution in [3.63, 3.8) is 0 Å². The number of aromatic nitrogens is 2. The Bertz CT molecular complexity index is 609. The smallest absolute Gasteiger partial charge is 0.279 e. The Balaban J connectivity index is 1.94. The third-order valence-electron chi connectivity index (χ3n) is 2.78. The molecule has 1 atom stereocenters. The van der Waals surface area contributed by atoms with Gasteiger partial charge in [0.2, 0.25) is 0 Å². The maximum absolute atomic E-state index is 12.1. The number of aliphatic hydroxyl groups is 1. The number of carbonyl (C=O) groups excluding carboxylic acids is 1. The van der Waals surface area contributed by atoms with Gasteiger partial charge in [-0.05, 0) is 13.0 Å². The molecule has 0 spiro atoms. The topological polar surface area (TPSA) is 88.7 Å². The second kappa shape index (κ2) is 4.04. The summed E-state index contributed by atoms with van der Waals surface area (Å²) in [6.07, 6.45) is 0.770. The molecular weight excluding hydrogens is 238 g/mol. The Labute approximate surface area is 102 Å². The molecule has 7 heteroatoms. The number of nitrogens with zero attached hydrogens (tertiary/aromatic N) is 3. The summed E-state index contributed by atoms with van der Waals surface area (Å²) in [4.78, 5) is 21.2. The lowest BCUT2D eigenvalue weighted by Gasteiger charge is -2.13. The summed E-state index contributed by atoms with van der Waals surface area (Å²) in [5, 5.41) is 14.9. The van der Waals surface area contributed by atoms with Crippen LogP contribution in [0.1, 0.15) is 16.1 Å². The fourth-order valence-electron chi connectivity index (χ4n) is 1.82. The van der Waals surface area contributed by atoms with Crippen LogP contribution in [0.4, 0.5) is 0 Å². The zero-order valence-corrected chi connectivity index (χ0v) is 9.66. The maximum Gasteiger partial charge on any atom is 0.279 e. The van der Waals surface area contributed by atoms with E-state index in [1.807, 2.05) is 0 Å². The number of hydroxylamine groups is 2. The molecule has 1 aliphatic heterocycles. The van der Waals surface area contributed by atoms with Crippen LogP contribution < -0.4 is 0 Å². The highest BCUT2D eigenvalue weighted by Crippen LogP contribution is 2.19. The molecule has 0 radical (unpaired) electrons. The summed E-state index contributed by atoms with van der Waals surface area (Å²) in [6.45, 7) is 2.07. The minimum Gasteiger partial charge on any atom is -0.389 e. The van der Waals surface area contributed by atoms with E-state index in [4.69, 9.17) is 9.36 Å². The standard InChI is InChI=1S/C11H11N3O4/c1-6-9-2-7(3-12-10(9)18-13-6)11(16)14-4-8(15)5-17-14/h2-3,8,15H,4-5H2,1H3/t8-/m1/s1. The fourth-order valence-corrected chi connectivity index (χ4v) is 1.82. The molecule has 3 rings (SSSR count). The first-order valence-corrected chi connectivity index (χ1v) is 5.50. The molecule has 2 aromatic heterocycles. The average molecular weight is 249 g/mol. The molecule has 0 saturated carbocycles. The third kappa shape index (κ3) is 1.73. The van der Waals surface area contributed by atoms with E-state index in [-0.39, 0.29) is 19.1 Å². The summed E-state index contributed by atoms with van der Waals surface area (Å²) in [7, 11) is 0. The second-order valence-corrected chi connectivity index (χ2v) is 4.16. The molecule has 1 amide bonds. The van der Waals surface area contributed by atoms with E-state index in [0.717, 1.165) is 5.06 Å². The summed E-state index contributed by atoms with van der Waals surface area (Å²) in [5.74, 6) is -0.332. The molecule has 0 unspecified atom stereocenters. The first-order valence-electron chi connectivity index (χ1n) is 5.50. The number of β-amino-alcohol motifs (C(OH)–C–C–N with tert-alkyl or cyclic N) is 1. The Hall–Kier alpha value is -1.99. The number of rotatable bonds is 1. The molecule has 0 bridgehead atoms. The molecule has 0 aliphatic carbocycles. The number of hydrogen-bond acceptors (Lipinski definition) is 6. The second-order valence-electron chi connectivity index (χ2n) is 4.16. The number of aliphatic hydroxyl groups excluding tert-OH is 1. The van der Waals surface area contributed by atoms with Gasteiger partial charge in [0.25, 0.3) is 11.6 Å². The van der Waals surface area contributed by atoms with Crippen LogP contribution in [0.25, 0.3) is 11.1 Å². The van der Waals surface area contributed by atoms with Crippen LogP contribution in [0.3, 0.4) is 0 Å². The zero-order valence-electron chi connectivity index (χ0n) is 9.66. The van der Waals surface area contributed by atoms with Gasteiger partial charge in [0.05, 0.1) is 23.2 Å². The average Bonchev–Trinajstić information content (AvgIpc) is 2.95. The largest absolute Gasteiger partial charge is 0.389 e. The van der Waals surface area contributed by atoms with Gasteiger partial charge in [-0.15, -0.1) is 0 Å². The molecule has 1 fully saturated rings. The molecular formula is C11H11N3O4. The van der Waals surface area contributed by atoms with Crippen LogP contribution in [0.5, 0.6) is 0 Å². The van der Waals surface area contributed by atoms with Crippen LogP contribution in [-0.2, 0) is 4.84 Å². The summed E-state index contributed by atoms with van der Waals surface area (Å²) in [6, 6.07) is 1.66. The van der Waals surface area contributed by atoms with Crippen LogP contribution in [0.15, 0.2) is 16.8 Å². The monoisotopic (exact) mass is 249 g/mol. The lowest BCUT2D eigenvalue weighted by molar-refractivity contribution is -0.0779. The highest BCUT2D eigenvalue weighted by molar-refractivity contribution is 5.96. The number of carbonyl (C=O) groups is 1. The molecule has 94 valence electrons. The molecule has 18 heavy (non-hydrogen) atoms. The van der Waals surface area contributed by atoms with E-state index < -0.39 is 6.10 Å². The van der Waals surface area contributed by atoms with Gasteiger partial charge in [0.1, 0.15) is 12.7 Å². The molecule has 1 aliphatic rings. The van der Waals surface area contributed by atoms with Gasteiger partial charge in [-0.2, -0.15) is 0 Å². The molecule has 1 saturated heterocycles. The highest BCUT2D eigenvalue weighted by atomic mass is 16.7. The molecule has 1 N–H and O–H groups in total. The minimum absolute atomic E-state index is 0.133. The fraction of sp³-hybridized carbons (Fsp3) is 0.364. The molecule has 0 aromatic carbocycles. The van der Waals surface area contributed by atoms with Crippen molar-refractivity contribution in [2.45, 2.75) is 13.0 Å². The molecule has 7 nitrogen and oxygen atoms in total. The van der Waals surface area contributed by atoms with Gasteiger partial charge < -0.3 is 9.63 Å². The Morgan fingerprint density at radius 2 is 2.44 bits per heavy atom. The van der Waals surface area contributed by atoms with Gasteiger partial charge in [-0.1, -0.05) is 5.16 Å². The number of hydrogen-bond donors (Lipinski definition) is 1. The van der Waals surface area contributed by atoms with Crippen molar-refractivity contribution < 1.29 is 19.3 Å². The summed E-state index contributed by atoms with van der Waals surface area (Å²) >= 11 is 0. The number of fused-ring (bicyclic) bond motifs is 1. The van der Waals surface area contributed by atoms with Gasteiger partial charge in [-0.25, -0.2) is 10.0 Å². The van der Waals surface area contributed by atoms with Gasteiger partial charge in [0, 0.05) is 6.20 Å². The first kappa shape index (κ1) is 11.1. The highest BCUT2D eigenvalue weighted by Gasteiger charge is 2.27. The number of amides is 1. The van der Waals surface area contributed by atoms with E-state index >= 15 is 0 Å². The van der Waals surface area contributed by atoms with Crippen LogP contribution in [0.2, 0.25) is 0 Å². The van der Waals surface area contributed by atoms with Crippen molar-refractivity contribution in [1.82, 2.24) is 15.2 Å². The van der Waals surface area contributed by atoms with E-state index in [1.54, 1.807) is 13.0 Å². The predicted molar refractivity (Wildman–Crippen MR) is 59.5 cm³/mol. The van der Waals surface area contributed by atoms with Gasteiger partial charge >= 0.3 is 0 Å². The lowest BCUT2D eigenvalue weighted by Crippen LogP contribution is -2.28. The quantitative estimate of drug-likeness (QED) is 0.780. The van der Waals surface area contributed by atoms with E-state index in [9.17, 15) is 9.90 Å². The van der Waals surface area contributed by atoms with E-state index in [0.29, 0.717) is 22.4 Å². The van der Waals surface area contributed by atoms with E-state index in [1.165, 1.54) is 6.20 Å². The Kier molecular flexibility index (Phi) is 2.49. The summed E-state index contributed by atoms with van der Waals surface area (Å²) in [5.41, 5.74) is 1.45. The van der Waals surface area contributed by atoms with E-state index in [2.05, 4.69) is 10.1 Å². The van der Waals surface area contributed by atoms with Crippen molar-refractivity contribution in [2.24, 2.45) is 0 Å².